The van der Waals surface area contributed by atoms with E-state index in [9.17, 15) is 4.79 Å². The van der Waals surface area contributed by atoms with Crippen LogP contribution in [0.5, 0.6) is 5.75 Å². The van der Waals surface area contributed by atoms with Gasteiger partial charge in [-0.3, -0.25) is 9.48 Å². The number of fused-ring (bicyclic) bond motifs is 2. The van der Waals surface area contributed by atoms with Crippen molar-refractivity contribution in [3.05, 3.63) is 84.2 Å². The number of para-hydroxylation sites is 1. The molecule has 0 unspecified atom stereocenters. The number of esters is 1. The van der Waals surface area contributed by atoms with Gasteiger partial charge < -0.3 is 19.9 Å². The molecule has 8 heteroatoms. The van der Waals surface area contributed by atoms with Gasteiger partial charge in [0, 0.05) is 29.1 Å². The van der Waals surface area contributed by atoms with Crippen LogP contribution in [-0.2, 0) is 27.3 Å². The number of nitrogens with zero attached hydrogens (tertiary/aromatic N) is 3. The molecule has 1 atom stereocenters. The molecule has 1 fully saturated rings. The standard InChI is InChI=1S/C31H30N4O4/c1-2-38-30(36)17-23-5-3-4-6-29(23)39-19-27-26-16-22(9-10-28(26)35(34-27)24-12-14-37-18-24)21-8-7-20-11-13-33-31(32)25(20)15-21/h3-11,13,15-16,24H,2,12,14,17-19H2,1H3,(H2,32,33)/t24-/m0/s1. The zero-order chi connectivity index (χ0) is 26.8. The number of rotatable bonds is 8. The van der Waals surface area contributed by atoms with Crippen LogP contribution in [0, 0.1) is 0 Å². The Hall–Kier alpha value is -4.43. The van der Waals surface area contributed by atoms with Gasteiger partial charge in [0.25, 0.3) is 0 Å². The zero-order valence-electron chi connectivity index (χ0n) is 21.8. The maximum atomic E-state index is 12.1. The molecule has 198 valence electrons. The molecule has 0 aliphatic carbocycles. The quantitative estimate of drug-likeness (QED) is 0.269. The molecule has 6 rings (SSSR count). The molecule has 1 saturated heterocycles. The molecule has 0 bridgehead atoms. The van der Waals surface area contributed by atoms with Gasteiger partial charge in [-0.2, -0.15) is 5.10 Å². The fourth-order valence-corrected chi connectivity index (χ4v) is 5.16. The van der Waals surface area contributed by atoms with E-state index >= 15 is 0 Å². The highest BCUT2D eigenvalue weighted by Gasteiger charge is 2.23. The van der Waals surface area contributed by atoms with Gasteiger partial charge in [-0.25, -0.2) is 4.98 Å². The second-order valence-corrected chi connectivity index (χ2v) is 9.65. The SMILES string of the molecule is CCOC(=O)Cc1ccccc1OCc1nn([C@H]2CCOC2)c2ccc(-c3ccc4ccnc(N)c4c3)cc12. The van der Waals surface area contributed by atoms with Crippen LogP contribution < -0.4 is 10.5 Å². The number of anilines is 1. The zero-order valence-corrected chi connectivity index (χ0v) is 21.8. The summed E-state index contributed by atoms with van der Waals surface area (Å²) in [5, 5.41) is 7.99. The van der Waals surface area contributed by atoms with Crippen molar-refractivity contribution in [3.8, 4) is 16.9 Å². The van der Waals surface area contributed by atoms with Crippen LogP contribution in [0.3, 0.4) is 0 Å². The minimum absolute atomic E-state index is 0.155. The first-order chi connectivity index (χ1) is 19.1. The molecule has 0 amide bonds. The Morgan fingerprint density at radius 3 is 2.72 bits per heavy atom. The summed E-state index contributed by atoms with van der Waals surface area (Å²) in [5.41, 5.74) is 10.9. The number of nitrogens with two attached hydrogens (primary N) is 1. The Morgan fingerprint density at radius 2 is 1.90 bits per heavy atom. The fourth-order valence-electron chi connectivity index (χ4n) is 5.16. The van der Waals surface area contributed by atoms with E-state index in [0.29, 0.717) is 24.8 Å². The lowest BCUT2D eigenvalue weighted by molar-refractivity contribution is -0.142. The first-order valence-electron chi connectivity index (χ1n) is 13.2. The van der Waals surface area contributed by atoms with Crippen molar-refractivity contribution in [1.29, 1.82) is 0 Å². The van der Waals surface area contributed by atoms with Gasteiger partial charge >= 0.3 is 5.97 Å². The number of aromatic nitrogens is 3. The number of carbonyl (C=O) groups is 1. The lowest BCUT2D eigenvalue weighted by atomic mass is 10.00. The first kappa shape index (κ1) is 24.9. The molecule has 1 aliphatic rings. The maximum Gasteiger partial charge on any atom is 0.310 e. The number of ether oxygens (including phenoxy) is 3. The summed E-state index contributed by atoms with van der Waals surface area (Å²) in [7, 11) is 0. The number of benzene rings is 3. The van der Waals surface area contributed by atoms with Gasteiger partial charge in [0.2, 0.25) is 0 Å². The third-order valence-electron chi connectivity index (χ3n) is 7.14. The average Bonchev–Trinajstić information content (AvgIpc) is 3.61. The molecular formula is C31H30N4O4. The van der Waals surface area contributed by atoms with E-state index in [2.05, 4.69) is 46.1 Å². The second-order valence-electron chi connectivity index (χ2n) is 9.65. The average molecular weight is 523 g/mol. The van der Waals surface area contributed by atoms with Crippen molar-refractivity contribution < 1.29 is 19.0 Å². The number of hydrogen-bond acceptors (Lipinski definition) is 7. The molecular weight excluding hydrogens is 492 g/mol. The molecule has 0 radical (unpaired) electrons. The number of carbonyl (C=O) groups excluding carboxylic acids is 1. The molecule has 2 aromatic heterocycles. The van der Waals surface area contributed by atoms with Gasteiger partial charge in [-0.15, -0.1) is 0 Å². The van der Waals surface area contributed by atoms with Gasteiger partial charge in [0.15, 0.2) is 0 Å². The van der Waals surface area contributed by atoms with Crippen molar-refractivity contribution in [2.45, 2.75) is 32.4 Å². The summed E-state index contributed by atoms with van der Waals surface area (Å²) in [4.78, 5) is 16.4. The van der Waals surface area contributed by atoms with Crippen molar-refractivity contribution in [1.82, 2.24) is 14.8 Å². The Morgan fingerprint density at radius 1 is 1.08 bits per heavy atom. The van der Waals surface area contributed by atoms with E-state index in [0.717, 1.165) is 57.1 Å². The van der Waals surface area contributed by atoms with Gasteiger partial charge in [-0.05, 0) is 60.2 Å². The van der Waals surface area contributed by atoms with E-state index in [-0.39, 0.29) is 25.0 Å². The van der Waals surface area contributed by atoms with Gasteiger partial charge in [0.05, 0.1) is 31.2 Å². The van der Waals surface area contributed by atoms with E-state index < -0.39 is 0 Å². The predicted octanol–water partition coefficient (Wildman–Crippen LogP) is 5.48. The Bertz CT molecular complexity index is 1660. The van der Waals surface area contributed by atoms with Crippen LogP contribution in [0.25, 0.3) is 32.8 Å². The Balaban J connectivity index is 1.36. The van der Waals surface area contributed by atoms with Crippen LogP contribution in [-0.4, -0.2) is 40.6 Å². The fraction of sp³-hybridized carbons (Fsp3) is 0.258. The molecule has 3 aromatic carbocycles. The molecule has 0 saturated carbocycles. The van der Waals surface area contributed by atoms with Crippen LogP contribution in [0.4, 0.5) is 5.82 Å². The highest BCUT2D eigenvalue weighted by molar-refractivity contribution is 5.95. The summed E-state index contributed by atoms with van der Waals surface area (Å²) >= 11 is 0. The van der Waals surface area contributed by atoms with Crippen molar-refractivity contribution in [2.24, 2.45) is 0 Å². The minimum atomic E-state index is -0.277. The molecule has 0 spiro atoms. The molecule has 2 N–H and O–H groups in total. The third kappa shape index (κ3) is 5.03. The largest absolute Gasteiger partial charge is 0.487 e. The molecule has 1 aliphatic heterocycles. The lowest BCUT2D eigenvalue weighted by Gasteiger charge is -2.11. The summed E-state index contributed by atoms with van der Waals surface area (Å²) in [5.74, 6) is 0.881. The van der Waals surface area contributed by atoms with Crippen molar-refractivity contribution >= 4 is 33.5 Å². The summed E-state index contributed by atoms with van der Waals surface area (Å²) in [6.45, 7) is 3.77. The number of nitrogen functional groups attached to an aromatic ring is 1. The molecule has 3 heterocycles. The van der Waals surface area contributed by atoms with Crippen molar-refractivity contribution in [2.75, 3.05) is 25.6 Å². The van der Waals surface area contributed by atoms with Gasteiger partial charge in [0.1, 0.15) is 23.9 Å². The predicted molar refractivity (Wildman–Crippen MR) is 150 cm³/mol. The topological polar surface area (TPSA) is 101 Å². The maximum absolute atomic E-state index is 12.1. The van der Waals surface area contributed by atoms with Gasteiger partial charge in [-0.1, -0.05) is 36.4 Å². The van der Waals surface area contributed by atoms with E-state index in [1.165, 1.54) is 0 Å². The molecule has 39 heavy (non-hydrogen) atoms. The van der Waals surface area contributed by atoms with Crippen LogP contribution in [0.15, 0.2) is 72.9 Å². The van der Waals surface area contributed by atoms with E-state index in [1.54, 1.807) is 13.1 Å². The summed E-state index contributed by atoms with van der Waals surface area (Å²) < 4.78 is 19.1. The molecule has 8 nitrogen and oxygen atoms in total. The Kier molecular flexibility index (Phi) is 6.85. The molecule has 5 aromatic rings. The van der Waals surface area contributed by atoms with E-state index in [4.69, 9.17) is 25.0 Å². The summed E-state index contributed by atoms with van der Waals surface area (Å²) in [6.07, 6.45) is 2.79. The third-order valence-corrected chi connectivity index (χ3v) is 7.14. The smallest absolute Gasteiger partial charge is 0.310 e. The first-order valence-corrected chi connectivity index (χ1v) is 13.2. The number of pyridine rings is 1. The highest BCUT2D eigenvalue weighted by Crippen LogP contribution is 2.33. The number of hydrogen-bond donors (Lipinski definition) is 1. The normalized spacial score (nSPS) is 15.2. The van der Waals surface area contributed by atoms with Crippen LogP contribution in [0.1, 0.15) is 30.6 Å². The van der Waals surface area contributed by atoms with E-state index in [1.807, 2.05) is 30.3 Å². The summed E-state index contributed by atoms with van der Waals surface area (Å²) in [6, 6.07) is 22.3. The highest BCUT2D eigenvalue weighted by atomic mass is 16.5. The second kappa shape index (κ2) is 10.7. The lowest BCUT2D eigenvalue weighted by Crippen LogP contribution is -2.11. The minimum Gasteiger partial charge on any atom is -0.487 e. The van der Waals surface area contributed by atoms with Crippen molar-refractivity contribution in [3.63, 3.8) is 0 Å². The Labute approximate surface area is 226 Å². The van der Waals surface area contributed by atoms with Crippen LogP contribution >= 0.6 is 0 Å². The monoisotopic (exact) mass is 522 g/mol. The van der Waals surface area contributed by atoms with Crippen LogP contribution in [0.2, 0.25) is 0 Å².